The Morgan fingerprint density at radius 2 is 1.64 bits per heavy atom. The molecule has 0 spiro atoms. The van der Waals surface area contributed by atoms with Gasteiger partial charge in [-0.25, -0.2) is 0 Å². The molecular formula is C24H24N2O2. The smallest absolute Gasteiger partial charge is 0.224 e. The van der Waals surface area contributed by atoms with Crippen molar-refractivity contribution in [2.24, 2.45) is 5.92 Å². The molecule has 1 aromatic heterocycles. The molecule has 1 atom stereocenters. The standard InChI is InChI=1S/C24H24N2O2/c1-14-21(15(2)28-26-14)12-23(27)25-13-16-11-22-17-7-3-5-9-19(17)24(16)20-10-6-4-8-18(20)22/h3-10,16,22,24H,11-13H2,1-2H3,(H,25,27). The highest BCUT2D eigenvalue weighted by molar-refractivity contribution is 5.79. The molecule has 3 aliphatic carbocycles. The minimum atomic E-state index is 0.0393. The number of carbonyl (C=O) groups is 1. The molecule has 4 heteroatoms. The second-order valence-electron chi connectivity index (χ2n) is 8.07. The molecule has 2 bridgehead atoms. The van der Waals surface area contributed by atoms with Crippen LogP contribution in [0.15, 0.2) is 53.1 Å². The Bertz CT molecular complexity index is 985. The van der Waals surface area contributed by atoms with Crippen molar-refractivity contribution < 1.29 is 9.32 Å². The summed E-state index contributed by atoms with van der Waals surface area (Å²) in [5, 5.41) is 7.13. The van der Waals surface area contributed by atoms with Crippen LogP contribution in [0, 0.1) is 19.8 Å². The molecule has 4 nitrogen and oxygen atoms in total. The van der Waals surface area contributed by atoms with Crippen molar-refractivity contribution in [2.75, 3.05) is 6.54 Å². The van der Waals surface area contributed by atoms with Gasteiger partial charge in [0.05, 0.1) is 12.1 Å². The molecule has 1 heterocycles. The molecule has 0 saturated heterocycles. The Morgan fingerprint density at radius 3 is 2.21 bits per heavy atom. The minimum Gasteiger partial charge on any atom is -0.361 e. The average Bonchev–Trinajstić information content (AvgIpc) is 3.04. The second kappa shape index (κ2) is 6.62. The monoisotopic (exact) mass is 372 g/mol. The van der Waals surface area contributed by atoms with Gasteiger partial charge in [0.25, 0.3) is 0 Å². The first kappa shape index (κ1) is 17.2. The normalized spacial score (nSPS) is 21.9. The van der Waals surface area contributed by atoms with Gasteiger partial charge in [-0.05, 0) is 48.4 Å². The van der Waals surface area contributed by atoms with Crippen molar-refractivity contribution in [3.05, 3.63) is 87.8 Å². The number of benzene rings is 2. The van der Waals surface area contributed by atoms with E-state index in [-0.39, 0.29) is 5.91 Å². The van der Waals surface area contributed by atoms with E-state index >= 15 is 0 Å². The summed E-state index contributed by atoms with van der Waals surface area (Å²) in [5.41, 5.74) is 7.49. The molecule has 142 valence electrons. The first-order valence-electron chi connectivity index (χ1n) is 9.99. The maximum absolute atomic E-state index is 12.6. The number of hydrogen-bond donors (Lipinski definition) is 1. The highest BCUT2D eigenvalue weighted by atomic mass is 16.5. The van der Waals surface area contributed by atoms with Crippen LogP contribution < -0.4 is 5.32 Å². The van der Waals surface area contributed by atoms with E-state index in [0.717, 1.165) is 23.4 Å². The molecule has 6 rings (SSSR count). The molecule has 0 fully saturated rings. The third kappa shape index (κ3) is 2.67. The third-order valence-electron chi connectivity index (χ3n) is 6.50. The number of amides is 1. The lowest BCUT2D eigenvalue weighted by atomic mass is 9.59. The molecule has 0 aliphatic heterocycles. The zero-order valence-electron chi connectivity index (χ0n) is 16.2. The Kier molecular flexibility index (Phi) is 4.08. The zero-order valence-corrected chi connectivity index (χ0v) is 16.2. The lowest BCUT2D eigenvalue weighted by molar-refractivity contribution is -0.120. The topological polar surface area (TPSA) is 55.1 Å². The van der Waals surface area contributed by atoms with Crippen molar-refractivity contribution in [1.82, 2.24) is 10.5 Å². The van der Waals surface area contributed by atoms with Crippen molar-refractivity contribution in [3.63, 3.8) is 0 Å². The van der Waals surface area contributed by atoms with Crippen LogP contribution in [0.2, 0.25) is 0 Å². The first-order chi connectivity index (χ1) is 13.6. The average molecular weight is 372 g/mol. The molecule has 0 radical (unpaired) electrons. The number of nitrogens with one attached hydrogen (secondary N) is 1. The van der Waals surface area contributed by atoms with Gasteiger partial charge in [-0.1, -0.05) is 53.7 Å². The van der Waals surface area contributed by atoms with Crippen molar-refractivity contribution >= 4 is 5.91 Å². The number of nitrogens with zero attached hydrogens (tertiary/aromatic N) is 1. The van der Waals surface area contributed by atoms with Crippen LogP contribution in [0.5, 0.6) is 0 Å². The summed E-state index contributed by atoms with van der Waals surface area (Å²) in [7, 11) is 0. The lowest BCUT2D eigenvalue weighted by Gasteiger charge is -2.45. The summed E-state index contributed by atoms with van der Waals surface area (Å²) in [6, 6.07) is 17.6. The molecule has 28 heavy (non-hydrogen) atoms. The van der Waals surface area contributed by atoms with Gasteiger partial charge in [-0.2, -0.15) is 0 Å². The summed E-state index contributed by atoms with van der Waals surface area (Å²) >= 11 is 0. The summed E-state index contributed by atoms with van der Waals surface area (Å²) < 4.78 is 5.18. The second-order valence-corrected chi connectivity index (χ2v) is 8.07. The van der Waals surface area contributed by atoms with Crippen LogP contribution in [0.3, 0.4) is 0 Å². The number of carbonyl (C=O) groups excluding carboxylic acids is 1. The van der Waals surface area contributed by atoms with Crippen LogP contribution in [-0.4, -0.2) is 17.6 Å². The van der Waals surface area contributed by atoms with E-state index in [1.807, 2.05) is 13.8 Å². The fraction of sp³-hybridized carbons (Fsp3) is 0.333. The lowest BCUT2D eigenvalue weighted by Crippen LogP contribution is -2.39. The van der Waals surface area contributed by atoms with E-state index in [0.29, 0.717) is 30.7 Å². The molecular weight excluding hydrogens is 348 g/mol. The van der Waals surface area contributed by atoms with Crippen LogP contribution in [-0.2, 0) is 11.2 Å². The van der Waals surface area contributed by atoms with Gasteiger partial charge in [-0.15, -0.1) is 0 Å². The van der Waals surface area contributed by atoms with Gasteiger partial charge in [0.2, 0.25) is 5.91 Å². The van der Waals surface area contributed by atoms with Crippen LogP contribution >= 0.6 is 0 Å². The Labute approximate surface area is 164 Å². The molecule has 2 aromatic carbocycles. The first-order valence-corrected chi connectivity index (χ1v) is 9.99. The number of fused-ring (bicyclic) bond motifs is 1. The minimum absolute atomic E-state index is 0.0393. The SMILES string of the molecule is Cc1noc(C)c1CC(=O)NCC1CC2c3ccccc3C1c1ccccc12. The molecule has 0 saturated carbocycles. The van der Waals surface area contributed by atoms with E-state index in [2.05, 4.69) is 59.0 Å². The molecule has 3 aromatic rings. The molecule has 3 aliphatic rings. The fourth-order valence-electron chi connectivity index (χ4n) is 5.18. The van der Waals surface area contributed by atoms with Crippen molar-refractivity contribution in [3.8, 4) is 0 Å². The summed E-state index contributed by atoms with van der Waals surface area (Å²) in [4.78, 5) is 12.6. The highest BCUT2D eigenvalue weighted by Crippen LogP contribution is 2.55. The van der Waals surface area contributed by atoms with Crippen molar-refractivity contribution in [2.45, 2.75) is 38.5 Å². The van der Waals surface area contributed by atoms with Gasteiger partial charge in [0.15, 0.2) is 0 Å². The van der Waals surface area contributed by atoms with Crippen LogP contribution in [0.4, 0.5) is 0 Å². The molecule has 1 N–H and O–H groups in total. The number of hydrogen-bond acceptors (Lipinski definition) is 3. The summed E-state index contributed by atoms with van der Waals surface area (Å²) in [5.74, 6) is 1.98. The fourth-order valence-corrected chi connectivity index (χ4v) is 5.18. The Balaban J connectivity index is 1.37. The zero-order chi connectivity index (χ0) is 19.3. The predicted molar refractivity (Wildman–Crippen MR) is 107 cm³/mol. The van der Waals surface area contributed by atoms with E-state index in [1.165, 1.54) is 22.3 Å². The Hall–Kier alpha value is -2.88. The summed E-state index contributed by atoms with van der Waals surface area (Å²) in [6.07, 6.45) is 1.42. The van der Waals surface area contributed by atoms with Crippen LogP contribution in [0.1, 0.15) is 57.5 Å². The maximum atomic E-state index is 12.6. The van der Waals surface area contributed by atoms with Gasteiger partial charge in [0, 0.05) is 23.9 Å². The third-order valence-corrected chi connectivity index (χ3v) is 6.50. The van der Waals surface area contributed by atoms with E-state index in [1.54, 1.807) is 0 Å². The van der Waals surface area contributed by atoms with Gasteiger partial charge in [0.1, 0.15) is 5.76 Å². The van der Waals surface area contributed by atoms with E-state index in [4.69, 9.17) is 4.52 Å². The van der Waals surface area contributed by atoms with Gasteiger partial charge >= 0.3 is 0 Å². The number of rotatable bonds is 4. The van der Waals surface area contributed by atoms with Gasteiger partial charge < -0.3 is 9.84 Å². The quantitative estimate of drug-likeness (QED) is 0.745. The van der Waals surface area contributed by atoms with E-state index in [9.17, 15) is 4.79 Å². The van der Waals surface area contributed by atoms with Crippen molar-refractivity contribution in [1.29, 1.82) is 0 Å². The summed E-state index contributed by atoms with van der Waals surface area (Å²) in [6.45, 7) is 4.44. The maximum Gasteiger partial charge on any atom is 0.224 e. The largest absolute Gasteiger partial charge is 0.361 e. The Morgan fingerprint density at radius 1 is 1.04 bits per heavy atom. The number of aryl methyl sites for hydroxylation is 2. The molecule has 1 unspecified atom stereocenters. The highest BCUT2D eigenvalue weighted by Gasteiger charge is 2.42. The van der Waals surface area contributed by atoms with E-state index < -0.39 is 0 Å². The van der Waals surface area contributed by atoms with Crippen LogP contribution in [0.25, 0.3) is 0 Å². The van der Waals surface area contributed by atoms with Gasteiger partial charge in [-0.3, -0.25) is 4.79 Å². The number of aromatic nitrogens is 1. The predicted octanol–water partition coefficient (Wildman–Crippen LogP) is 4.25. The molecule has 1 amide bonds.